The van der Waals surface area contributed by atoms with Crippen LogP contribution in [0.25, 0.3) is 10.6 Å². The molecule has 21 heavy (non-hydrogen) atoms. The maximum Gasteiger partial charge on any atom is 0.257 e. The van der Waals surface area contributed by atoms with Gasteiger partial charge in [0, 0.05) is 11.1 Å². The van der Waals surface area contributed by atoms with E-state index in [2.05, 4.69) is 15.5 Å². The van der Waals surface area contributed by atoms with Gasteiger partial charge in [-0.15, -0.1) is 10.2 Å². The van der Waals surface area contributed by atoms with Gasteiger partial charge in [-0.05, 0) is 24.6 Å². The Morgan fingerprint density at radius 1 is 1.00 bits per heavy atom. The molecule has 3 rings (SSSR count). The SMILES string of the molecule is Cc1ccccc1-c1nnc(NC(=O)c2ccccc2)s1. The first-order valence-corrected chi connectivity index (χ1v) is 7.31. The van der Waals surface area contributed by atoms with E-state index in [1.54, 1.807) is 12.1 Å². The molecule has 5 heteroatoms. The number of hydrogen-bond acceptors (Lipinski definition) is 4. The van der Waals surface area contributed by atoms with E-state index in [0.29, 0.717) is 10.7 Å². The predicted octanol–water partition coefficient (Wildman–Crippen LogP) is 3.77. The topological polar surface area (TPSA) is 54.9 Å². The molecule has 0 unspecified atom stereocenters. The van der Waals surface area contributed by atoms with E-state index in [4.69, 9.17) is 0 Å². The smallest absolute Gasteiger partial charge is 0.257 e. The van der Waals surface area contributed by atoms with Crippen LogP contribution in [0.2, 0.25) is 0 Å². The lowest BCUT2D eigenvalue weighted by Gasteiger charge is -2.00. The van der Waals surface area contributed by atoms with E-state index in [-0.39, 0.29) is 5.91 Å². The molecule has 0 radical (unpaired) electrons. The van der Waals surface area contributed by atoms with Gasteiger partial charge in [-0.25, -0.2) is 0 Å². The van der Waals surface area contributed by atoms with E-state index in [0.717, 1.165) is 16.1 Å². The molecular weight excluding hydrogens is 282 g/mol. The maximum absolute atomic E-state index is 12.1. The Hall–Kier alpha value is -2.53. The van der Waals surface area contributed by atoms with Gasteiger partial charge in [0.15, 0.2) is 0 Å². The van der Waals surface area contributed by atoms with Gasteiger partial charge < -0.3 is 0 Å². The number of rotatable bonds is 3. The van der Waals surface area contributed by atoms with Crippen LogP contribution in [-0.2, 0) is 0 Å². The summed E-state index contributed by atoms with van der Waals surface area (Å²) in [4.78, 5) is 12.1. The Bertz CT molecular complexity index is 768. The van der Waals surface area contributed by atoms with E-state index in [1.165, 1.54) is 11.3 Å². The molecule has 0 aliphatic rings. The Balaban J connectivity index is 1.80. The third-order valence-electron chi connectivity index (χ3n) is 3.06. The Morgan fingerprint density at radius 2 is 1.71 bits per heavy atom. The molecule has 1 N–H and O–H groups in total. The molecule has 0 fully saturated rings. The largest absolute Gasteiger partial charge is 0.296 e. The van der Waals surface area contributed by atoms with Crippen LogP contribution >= 0.6 is 11.3 Å². The number of anilines is 1. The highest BCUT2D eigenvalue weighted by atomic mass is 32.1. The summed E-state index contributed by atoms with van der Waals surface area (Å²) in [6, 6.07) is 17.0. The molecule has 0 atom stereocenters. The van der Waals surface area contributed by atoms with E-state index in [9.17, 15) is 4.79 Å². The molecular formula is C16H13N3OS. The molecule has 104 valence electrons. The third-order valence-corrected chi connectivity index (χ3v) is 3.93. The van der Waals surface area contributed by atoms with Crippen LogP contribution in [0, 0.1) is 6.92 Å². The quantitative estimate of drug-likeness (QED) is 0.800. The lowest BCUT2D eigenvalue weighted by atomic mass is 10.1. The van der Waals surface area contributed by atoms with Crippen molar-refractivity contribution in [1.29, 1.82) is 0 Å². The summed E-state index contributed by atoms with van der Waals surface area (Å²) in [5.41, 5.74) is 2.77. The first-order chi connectivity index (χ1) is 10.2. The second kappa shape index (κ2) is 5.85. The molecule has 1 heterocycles. The number of nitrogens with one attached hydrogen (secondary N) is 1. The number of nitrogens with zero attached hydrogens (tertiary/aromatic N) is 2. The highest BCUT2D eigenvalue weighted by Gasteiger charge is 2.11. The minimum atomic E-state index is -0.178. The zero-order chi connectivity index (χ0) is 14.7. The van der Waals surface area contributed by atoms with Crippen molar-refractivity contribution in [2.24, 2.45) is 0 Å². The van der Waals surface area contributed by atoms with Gasteiger partial charge in [-0.3, -0.25) is 10.1 Å². The number of aromatic nitrogens is 2. The highest BCUT2D eigenvalue weighted by Crippen LogP contribution is 2.28. The molecule has 0 saturated carbocycles. The monoisotopic (exact) mass is 295 g/mol. The summed E-state index contributed by atoms with van der Waals surface area (Å²) >= 11 is 1.37. The highest BCUT2D eigenvalue weighted by molar-refractivity contribution is 7.18. The van der Waals surface area contributed by atoms with Crippen molar-refractivity contribution >= 4 is 22.4 Å². The fraction of sp³-hybridized carbons (Fsp3) is 0.0625. The lowest BCUT2D eigenvalue weighted by molar-refractivity contribution is 0.102. The van der Waals surface area contributed by atoms with Crippen molar-refractivity contribution < 1.29 is 4.79 Å². The Labute approximate surface area is 126 Å². The van der Waals surface area contributed by atoms with E-state index < -0.39 is 0 Å². The van der Waals surface area contributed by atoms with Gasteiger partial charge in [0.25, 0.3) is 5.91 Å². The summed E-state index contributed by atoms with van der Waals surface area (Å²) in [7, 11) is 0. The number of carbonyl (C=O) groups is 1. The average Bonchev–Trinajstić information content (AvgIpc) is 2.97. The summed E-state index contributed by atoms with van der Waals surface area (Å²) < 4.78 is 0. The van der Waals surface area contributed by atoms with Crippen molar-refractivity contribution in [3.63, 3.8) is 0 Å². The first kappa shape index (κ1) is 13.5. The number of aryl methyl sites for hydroxylation is 1. The summed E-state index contributed by atoms with van der Waals surface area (Å²) in [6.07, 6.45) is 0. The number of benzene rings is 2. The summed E-state index contributed by atoms with van der Waals surface area (Å²) in [5, 5.41) is 12.3. The first-order valence-electron chi connectivity index (χ1n) is 6.50. The van der Waals surface area contributed by atoms with E-state index in [1.807, 2.05) is 49.4 Å². The van der Waals surface area contributed by atoms with Crippen molar-refractivity contribution in [3.8, 4) is 10.6 Å². The van der Waals surface area contributed by atoms with Gasteiger partial charge in [0.2, 0.25) is 5.13 Å². The molecule has 0 spiro atoms. The summed E-state index contributed by atoms with van der Waals surface area (Å²) in [6.45, 7) is 2.03. The van der Waals surface area contributed by atoms with Gasteiger partial charge >= 0.3 is 0 Å². The fourth-order valence-electron chi connectivity index (χ4n) is 1.95. The van der Waals surface area contributed by atoms with Crippen molar-refractivity contribution in [2.75, 3.05) is 5.32 Å². The molecule has 1 aromatic heterocycles. The molecule has 0 aliphatic heterocycles. The van der Waals surface area contributed by atoms with Gasteiger partial charge in [0.1, 0.15) is 5.01 Å². The van der Waals surface area contributed by atoms with Gasteiger partial charge in [-0.1, -0.05) is 53.8 Å². The lowest BCUT2D eigenvalue weighted by Crippen LogP contribution is -2.11. The molecule has 0 saturated heterocycles. The maximum atomic E-state index is 12.1. The number of amides is 1. The number of hydrogen-bond donors (Lipinski definition) is 1. The Kier molecular flexibility index (Phi) is 3.75. The van der Waals surface area contributed by atoms with Crippen LogP contribution in [0.5, 0.6) is 0 Å². The van der Waals surface area contributed by atoms with Crippen molar-refractivity contribution in [1.82, 2.24) is 10.2 Å². The zero-order valence-corrected chi connectivity index (χ0v) is 12.2. The standard InChI is InChI=1S/C16H13N3OS/c1-11-7-5-6-10-13(11)15-18-19-16(21-15)17-14(20)12-8-3-2-4-9-12/h2-10H,1H3,(H,17,19,20). The van der Waals surface area contributed by atoms with E-state index >= 15 is 0 Å². The van der Waals surface area contributed by atoms with Gasteiger partial charge in [-0.2, -0.15) is 0 Å². The Morgan fingerprint density at radius 3 is 2.48 bits per heavy atom. The second-order valence-corrected chi connectivity index (χ2v) is 5.52. The average molecular weight is 295 g/mol. The zero-order valence-electron chi connectivity index (χ0n) is 11.4. The predicted molar refractivity (Wildman–Crippen MR) is 84.5 cm³/mol. The molecule has 0 aliphatic carbocycles. The van der Waals surface area contributed by atoms with Crippen molar-refractivity contribution in [3.05, 3.63) is 65.7 Å². The normalized spacial score (nSPS) is 10.3. The van der Waals surface area contributed by atoms with Crippen LogP contribution in [0.4, 0.5) is 5.13 Å². The van der Waals surface area contributed by atoms with Crippen LogP contribution < -0.4 is 5.32 Å². The second-order valence-electron chi connectivity index (χ2n) is 4.55. The van der Waals surface area contributed by atoms with Crippen molar-refractivity contribution in [2.45, 2.75) is 6.92 Å². The van der Waals surface area contributed by atoms with Crippen LogP contribution in [-0.4, -0.2) is 16.1 Å². The number of carbonyl (C=O) groups excluding carboxylic acids is 1. The molecule has 2 aromatic carbocycles. The molecule has 3 aromatic rings. The minimum absolute atomic E-state index is 0.178. The third kappa shape index (κ3) is 2.98. The van der Waals surface area contributed by atoms with Gasteiger partial charge in [0.05, 0.1) is 0 Å². The molecule has 1 amide bonds. The van der Waals surface area contributed by atoms with Crippen LogP contribution in [0.3, 0.4) is 0 Å². The van der Waals surface area contributed by atoms with Crippen LogP contribution in [0.15, 0.2) is 54.6 Å². The summed E-state index contributed by atoms with van der Waals surface area (Å²) in [5.74, 6) is -0.178. The van der Waals surface area contributed by atoms with Crippen LogP contribution in [0.1, 0.15) is 15.9 Å². The fourth-order valence-corrected chi connectivity index (χ4v) is 2.78. The molecule has 4 nitrogen and oxygen atoms in total. The molecule has 0 bridgehead atoms. The minimum Gasteiger partial charge on any atom is -0.296 e.